The molecule has 1 radical (unpaired) electrons. The van der Waals surface area contributed by atoms with Crippen molar-refractivity contribution in [1.29, 1.82) is 0 Å². The Morgan fingerprint density at radius 3 is 2.12 bits per heavy atom. The molecule has 3 aliphatic rings. The molecule has 2 aliphatic heterocycles. The van der Waals surface area contributed by atoms with Gasteiger partial charge in [0.25, 0.3) is 0 Å². The molecule has 0 aromatic rings. The molecule has 2 heterocycles. The largest absolute Gasteiger partial charge is 0.388 e. The summed E-state index contributed by atoms with van der Waals surface area (Å²) in [5.74, 6) is 0. The number of likely N-dealkylation sites (N-methyl/N-ethyl adjacent to an activating group) is 2. The minimum atomic E-state index is -1.29. The molecule has 3 rings (SSSR count). The van der Waals surface area contributed by atoms with Gasteiger partial charge in [0.15, 0.2) is 12.6 Å². The summed E-state index contributed by atoms with van der Waals surface area (Å²) in [7, 11) is 3.49. The van der Waals surface area contributed by atoms with Gasteiger partial charge in [0.2, 0.25) is 0 Å². The standard InChI is InChI=1S/C21H43N5O7.Tc/c1-9(25-3)13-6-5-10(22)19(31-13)32-16-11(23)7-12(24)17(14(16)27)33-20-15(28)18(26-4)21(2,29)8-30-20;/h9-20,25-29H,5-8,22-24H2,1-4H3;/t9?,10-,11+,12-,13+,14+,15-,16-,17+,18-,19-,20-,21+;/m1./s1/i;1+1. The van der Waals surface area contributed by atoms with Gasteiger partial charge in [-0.25, -0.2) is 0 Å². The third-order valence-corrected chi connectivity index (χ3v) is 7.24. The molecule has 0 spiro atoms. The van der Waals surface area contributed by atoms with E-state index in [0.717, 1.165) is 6.42 Å². The number of aliphatic hydroxyl groups is 3. The van der Waals surface area contributed by atoms with Crippen LogP contribution in [0.25, 0.3) is 0 Å². The zero-order valence-electron chi connectivity index (χ0n) is 20.3. The van der Waals surface area contributed by atoms with E-state index in [2.05, 4.69) is 10.6 Å². The van der Waals surface area contributed by atoms with E-state index in [1.165, 1.54) is 0 Å². The number of hydrogen-bond donors (Lipinski definition) is 8. The summed E-state index contributed by atoms with van der Waals surface area (Å²) in [4.78, 5) is 0. The molecule has 0 aromatic heterocycles. The second-order valence-electron chi connectivity index (χ2n) is 9.91. The number of nitrogens with one attached hydrogen (secondary N) is 2. The molecule has 13 atom stereocenters. The van der Waals surface area contributed by atoms with Gasteiger partial charge in [-0.15, -0.1) is 0 Å². The molecule has 2 saturated heterocycles. The fourth-order valence-electron chi connectivity index (χ4n) is 5.04. The van der Waals surface area contributed by atoms with Crippen molar-refractivity contribution in [2.75, 3.05) is 20.7 Å². The number of ether oxygens (including phenoxy) is 4. The van der Waals surface area contributed by atoms with Gasteiger partial charge in [0, 0.05) is 38.2 Å². The second-order valence-corrected chi connectivity index (χ2v) is 9.91. The number of hydrogen-bond acceptors (Lipinski definition) is 12. The van der Waals surface area contributed by atoms with Crippen LogP contribution in [0.2, 0.25) is 0 Å². The number of aliphatic hydroxyl groups excluding tert-OH is 2. The van der Waals surface area contributed by atoms with Gasteiger partial charge in [0.05, 0.1) is 24.8 Å². The molecule has 1 saturated carbocycles. The minimum Gasteiger partial charge on any atom is -0.388 e. The first-order valence-electron chi connectivity index (χ1n) is 11.8. The first-order valence-corrected chi connectivity index (χ1v) is 11.8. The van der Waals surface area contributed by atoms with Crippen molar-refractivity contribution in [3.05, 3.63) is 0 Å². The van der Waals surface area contributed by atoms with Crippen molar-refractivity contribution in [3.8, 4) is 0 Å². The quantitative estimate of drug-likeness (QED) is 0.150. The van der Waals surface area contributed by atoms with E-state index in [4.69, 9.17) is 36.1 Å². The molecular formula is C21H43N5O7Tc. The molecule has 0 amide bonds. The first kappa shape index (κ1) is 30.4. The number of nitrogens with two attached hydrogens (primary N) is 3. The average molecular weight is 577 g/mol. The molecule has 12 nitrogen and oxygen atoms in total. The van der Waals surface area contributed by atoms with Crippen LogP contribution >= 0.6 is 0 Å². The van der Waals surface area contributed by atoms with Crippen molar-refractivity contribution < 1.29 is 54.4 Å². The zero-order chi connectivity index (χ0) is 24.5. The van der Waals surface area contributed by atoms with Gasteiger partial charge < -0.3 is 62.1 Å². The number of rotatable bonds is 7. The second kappa shape index (κ2) is 12.6. The van der Waals surface area contributed by atoms with Gasteiger partial charge in [0.1, 0.15) is 30.0 Å². The van der Waals surface area contributed by atoms with Crippen LogP contribution in [-0.4, -0.2) is 115 Å². The summed E-state index contributed by atoms with van der Waals surface area (Å²) in [6, 6.07) is -2.11. The van der Waals surface area contributed by atoms with Gasteiger partial charge in [-0.3, -0.25) is 0 Å². The van der Waals surface area contributed by atoms with Gasteiger partial charge in [-0.1, -0.05) is 0 Å². The summed E-state index contributed by atoms with van der Waals surface area (Å²) < 4.78 is 23.7. The first-order chi connectivity index (χ1) is 15.5. The Hall–Kier alpha value is 0.169. The molecule has 0 bridgehead atoms. The van der Waals surface area contributed by atoms with Crippen LogP contribution in [0, 0.1) is 0 Å². The van der Waals surface area contributed by atoms with E-state index in [1.807, 2.05) is 14.0 Å². The van der Waals surface area contributed by atoms with Crippen molar-refractivity contribution >= 4 is 0 Å². The Bertz CT molecular complexity index is 638. The minimum absolute atomic E-state index is 0. The molecule has 11 N–H and O–H groups in total. The predicted octanol–water partition coefficient (Wildman–Crippen LogP) is -3.33. The van der Waals surface area contributed by atoms with Crippen molar-refractivity contribution in [2.24, 2.45) is 17.2 Å². The normalized spacial score (nSPS) is 48.7. The summed E-state index contributed by atoms with van der Waals surface area (Å²) >= 11 is 0. The summed E-state index contributed by atoms with van der Waals surface area (Å²) in [6.07, 6.45) is -4.22. The molecule has 201 valence electrons. The summed E-state index contributed by atoms with van der Waals surface area (Å²) in [5.41, 5.74) is 17.5. The molecule has 1 unspecified atom stereocenters. The van der Waals surface area contributed by atoms with Crippen LogP contribution in [0.3, 0.4) is 0 Å². The SMILES string of the molecule is CNC(C)[C@@H]1CC[C@@H](N)[C@@H](O[C@H]2[C@H](O)[C@@H](O[C@H]3OC[C@](C)(O)[C@H](NC)[C@H]3O)[C@H](N)C[C@@H]2N)O1.[99Tc]. The predicted molar refractivity (Wildman–Crippen MR) is 120 cm³/mol. The van der Waals surface area contributed by atoms with Gasteiger partial charge in [-0.05, 0) is 47.2 Å². The summed E-state index contributed by atoms with van der Waals surface area (Å²) in [6.45, 7) is 3.52. The topological polar surface area (TPSA) is 200 Å². The molecule has 34 heavy (non-hydrogen) atoms. The van der Waals surface area contributed by atoms with Crippen LogP contribution in [-0.2, 0) is 39.1 Å². The maximum Gasteiger partial charge on any atom is 0.185 e. The van der Waals surface area contributed by atoms with E-state index in [0.29, 0.717) is 12.8 Å². The van der Waals surface area contributed by atoms with Crippen molar-refractivity contribution in [2.45, 2.75) is 112 Å². The fraction of sp³-hybridized carbons (Fsp3) is 1.00. The summed E-state index contributed by atoms with van der Waals surface area (Å²) in [5, 5.41) is 38.3. The molecule has 0 aromatic carbocycles. The smallest absolute Gasteiger partial charge is 0.185 e. The van der Waals surface area contributed by atoms with E-state index < -0.39 is 60.7 Å². The van der Waals surface area contributed by atoms with E-state index in [-0.39, 0.29) is 44.9 Å². The van der Waals surface area contributed by atoms with Crippen molar-refractivity contribution in [3.63, 3.8) is 0 Å². The van der Waals surface area contributed by atoms with Crippen LogP contribution in [0.1, 0.15) is 33.1 Å². The average Bonchev–Trinajstić information content (AvgIpc) is 2.76. The molecular weight excluding hydrogens is 533 g/mol. The Balaban J connectivity index is 0.00000408. The van der Waals surface area contributed by atoms with Crippen molar-refractivity contribution in [1.82, 2.24) is 10.6 Å². The third kappa shape index (κ3) is 6.53. The van der Waals surface area contributed by atoms with E-state index in [9.17, 15) is 15.3 Å². The Labute approximate surface area is 214 Å². The third-order valence-electron chi connectivity index (χ3n) is 7.24. The van der Waals surface area contributed by atoms with E-state index in [1.54, 1.807) is 14.0 Å². The molecule has 1 aliphatic carbocycles. The Morgan fingerprint density at radius 1 is 0.971 bits per heavy atom. The maximum atomic E-state index is 11.1. The molecule has 13 heteroatoms. The zero-order valence-corrected chi connectivity index (χ0v) is 22.2. The fourth-order valence-corrected chi connectivity index (χ4v) is 5.04. The maximum absolute atomic E-state index is 11.1. The van der Waals surface area contributed by atoms with Crippen LogP contribution < -0.4 is 27.8 Å². The van der Waals surface area contributed by atoms with Gasteiger partial charge >= 0.3 is 0 Å². The van der Waals surface area contributed by atoms with E-state index >= 15 is 0 Å². The Kier molecular flexibility index (Phi) is 11.3. The van der Waals surface area contributed by atoms with Crippen LogP contribution in [0.15, 0.2) is 0 Å². The van der Waals surface area contributed by atoms with Crippen LogP contribution in [0.4, 0.5) is 0 Å². The van der Waals surface area contributed by atoms with Gasteiger partial charge in [-0.2, -0.15) is 0 Å². The molecule has 3 fully saturated rings. The monoisotopic (exact) mass is 576 g/mol. The van der Waals surface area contributed by atoms with Crippen LogP contribution in [0.5, 0.6) is 0 Å². The Morgan fingerprint density at radius 2 is 1.56 bits per heavy atom.